The molecule has 0 bridgehead atoms. The van der Waals surface area contributed by atoms with E-state index in [1.807, 2.05) is 0 Å². The summed E-state index contributed by atoms with van der Waals surface area (Å²) in [5.74, 6) is -3.29. The van der Waals surface area contributed by atoms with E-state index < -0.39 is 122 Å². The number of phenols is 2. The Bertz CT molecular complexity index is 1810. The van der Waals surface area contributed by atoms with Crippen molar-refractivity contribution in [1.29, 1.82) is 0 Å². The lowest BCUT2D eigenvalue weighted by Gasteiger charge is -2.44. The number of carbonyl (C=O) groups is 2. The molecule has 4 fully saturated rings. The number of epoxide rings is 1. The van der Waals surface area contributed by atoms with Crippen molar-refractivity contribution in [2.45, 2.75) is 92.4 Å². The summed E-state index contributed by atoms with van der Waals surface area (Å²) >= 11 is 0. The number of fused-ring (bicyclic) bond motifs is 3. The number of esters is 2. The van der Waals surface area contributed by atoms with E-state index in [9.17, 15) is 50.4 Å². The molecular weight excluding hydrogens is 756 g/mol. The van der Waals surface area contributed by atoms with E-state index in [0.29, 0.717) is 11.1 Å². The lowest BCUT2D eigenvalue weighted by Crippen LogP contribution is -2.61. The van der Waals surface area contributed by atoms with Crippen LogP contribution in [0.4, 0.5) is 0 Å². The van der Waals surface area contributed by atoms with Gasteiger partial charge in [-0.25, -0.2) is 9.59 Å². The smallest absolute Gasteiger partial charge is 0.331 e. The van der Waals surface area contributed by atoms with Gasteiger partial charge in [0.05, 0.1) is 37.6 Å². The van der Waals surface area contributed by atoms with Crippen molar-refractivity contribution in [3.63, 3.8) is 0 Å². The van der Waals surface area contributed by atoms with Crippen LogP contribution in [0, 0.1) is 11.8 Å². The Morgan fingerprint density at radius 1 is 0.719 bits per heavy atom. The molecular formula is C39H44O18. The van der Waals surface area contributed by atoms with Crippen LogP contribution in [-0.4, -0.2) is 152 Å². The number of phenolic OH excluding ortho intramolecular Hbond substituents is 2. The van der Waals surface area contributed by atoms with Gasteiger partial charge in [-0.05, 0) is 60.5 Å². The van der Waals surface area contributed by atoms with Crippen molar-refractivity contribution in [1.82, 2.24) is 0 Å². The molecule has 8 N–H and O–H groups in total. The predicted octanol–water partition coefficient (Wildman–Crippen LogP) is -0.799. The summed E-state index contributed by atoms with van der Waals surface area (Å²) in [6.45, 7) is 0.264. The zero-order chi connectivity index (χ0) is 40.6. The Labute approximate surface area is 325 Å². The first-order chi connectivity index (χ1) is 27.3. The van der Waals surface area contributed by atoms with Crippen LogP contribution in [0.3, 0.4) is 0 Å². The summed E-state index contributed by atoms with van der Waals surface area (Å²) in [6, 6.07) is 11.9. The lowest BCUT2D eigenvalue weighted by molar-refractivity contribution is -0.347. The Hall–Kier alpha value is -4.44. The monoisotopic (exact) mass is 800 g/mol. The number of aromatic hydroxyl groups is 2. The zero-order valence-corrected chi connectivity index (χ0v) is 30.3. The minimum Gasteiger partial charge on any atom is -0.508 e. The van der Waals surface area contributed by atoms with Crippen molar-refractivity contribution in [2.75, 3.05) is 13.2 Å². The SMILES string of the molecule is CC1OC(OC2C3C=COC(OC4OC(CO)C(O)C(O)C4O)C3C3(CO)OC23)C(OC(=O)C=Cc2ccc(O)cc2)C(OC(=O)C=Cc2ccc(O)cc2)C1O. The van der Waals surface area contributed by atoms with E-state index in [1.165, 1.54) is 49.6 Å². The highest BCUT2D eigenvalue weighted by molar-refractivity contribution is 5.88. The van der Waals surface area contributed by atoms with Gasteiger partial charge in [-0.2, -0.15) is 0 Å². The molecule has 2 aromatic carbocycles. The van der Waals surface area contributed by atoms with Crippen molar-refractivity contribution in [2.24, 2.45) is 11.8 Å². The molecule has 16 atom stereocenters. The van der Waals surface area contributed by atoms with Gasteiger partial charge in [0.2, 0.25) is 6.29 Å². The molecule has 0 aromatic heterocycles. The molecule has 3 saturated heterocycles. The highest BCUT2D eigenvalue weighted by atomic mass is 16.8. The molecule has 1 saturated carbocycles. The van der Waals surface area contributed by atoms with Crippen LogP contribution in [0.1, 0.15) is 18.1 Å². The number of ether oxygens (including phenoxy) is 8. The van der Waals surface area contributed by atoms with Gasteiger partial charge in [0, 0.05) is 18.1 Å². The number of hydrogen-bond acceptors (Lipinski definition) is 18. The third-order valence-electron chi connectivity index (χ3n) is 10.8. The molecule has 18 heteroatoms. The molecule has 1 aliphatic carbocycles. The maximum atomic E-state index is 13.3. The highest BCUT2D eigenvalue weighted by Gasteiger charge is 2.77. The summed E-state index contributed by atoms with van der Waals surface area (Å²) in [4.78, 5) is 26.5. The van der Waals surface area contributed by atoms with Crippen LogP contribution < -0.4 is 0 Å². The van der Waals surface area contributed by atoms with Gasteiger partial charge >= 0.3 is 11.9 Å². The number of rotatable bonds is 12. The van der Waals surface area contributed by atoms with Crippen LogP contribution >= 0.6 is 0 Å². The normalized spacial score (nSPS) is 39.7. The van der Waals surface area contributed by atoms with Gasteiger partial charge in [0.1, 0.15) is 53.7 Å². The van der Waals surface area contributed by atoms with Crippen LogP contribution in [0.25, 0.3) is 12.2 Å². The van der Waals surface area contributed by atoms with Crippen molar-refractivity contribution >= 4 is 24.1 Å². The molecule has 4 heterocycles. The second kappa shape index (κ2) is 16.8. The Morgan fingerprint density at radius 2 is 1.32 bits per heavy atom. The Kier molecular flexibility index (Phi) is 12.0. The van der Waals surface area contributed by atoms with E-state index in [1.54, 1.807) is 30.3 Å². The minimum atomic E-state index is -1.75. The standard InChI is InChI=1S/C39H44O18/c1-18-28(46)33(53-25(44)12-6-19-2-8-21(42)9-3-19)34(54-26(45)13-7-20-4-10-22(43)11-5-20)38(51-18)55-32-23-14-15-50-36(27(23)39(17-41)35(32)57-39)56-37-31(49)30(48)29(47)24(16-40)52-37/h2-15,18,23-24,27-38,40-43,46-49H,16-17H2,1H3. The highest BCUT2D eigenvalue weighted by Crippen LogP contribution is 2.61. The van der Waals surface area contributed by atoms with Gasteiger partial charge in [0.15, 0.2) is 24.8 Å². The molecule has 57 heavy (non-hydrogen) atoms. The third kappa shape index (κ3) is 8.30. The maximum absolute atomic E-state index is 13.3. The van der Waals surface area contributed by atoms with Crippen LogP contribution in [-0.2, 0) is 47.5 Å². The van der Waals surface area contributed by atoms with E-state index in [2.05, 4.69) is 0 Å². The van der Waals surface area contributed by atoms with E-state index in [-0.39, 0.29) is 11.5 Å². The van der Waals surface area contributed by atoms with Gasteiger partial charge < -0.3 is 78.7 Å². The van der Waals surface area contributed by atoms with E-state index in [0.717, 1.165) is 12.2 Å². The first-order valence-electron chi connectivity index (χ1n) is 18.2. The van der Waals surface area contributed by atoms with Crippen molar-refractivity contribution in [3.05, 3.63) is 84.1 Å². The summed E-state index contributed by atoms with van der Waals surface area (Å²) in [5.41, 5.74) is -0.216. The first-order valence-corrected chi connectivity index (χ1v) is 18.2. The molecule has 0 spiro atoms. The molecule has 5 aliphatic rings. The molecule has 18 nitrogen and oxygen atoms in total. The maximum Gasteiger partial charge on any atom is 0.331 e. The van der Waals surface area contributed by atoms with Crippen LogP contribution in [0.2, 0.25) is 0 Å². The van der Waals surface area contributed by atoms with Gasteiger partial charge in [-0.3, -0.25) is 0 Å². The summed E-state index contributed by atoms with van der Waals surface area (Å²) < 4.78 is 47.3. The minimum absolute atomic E-state index is 0.0199. The fourth-order valence-corrected chi connectivity index (χ4v) is 7.67. The fourth-order valence-electron chi connectivity index (χ4n) is 7.67. The molecule has 2 aromatic rings. The van der Waals surface area contributed by atoms with Gasteiger partial charge in [-0.15, -0.1) is 0 Å². The summed E-state index contributed by atoms with van der Waals surface area (Å²) in [5, 5.41) is 82.0. The Morgan fingerprint density at radius 3 is 1.89 bits per heavy atom. The van der Waals surface area contributed by atoms with E-state index >= 15 is 0 Å². The number of carbonyl (C=O) groups excluding carboxylic acids is 2. The molecule has 0 radical (unpaired) electrons. The molecule has 4 aliphatic heterocycles. The lowest BCUT2D eigenvalue weighted by atomic mass is 9.85. The number of aliphatic hydroxyl groups excluding tert-OH is 6. The quantitative estimate of drug-likeness (QED) is 0.0742. The van der Waals surface area contributed by atoms with Gasteiger partial charge in [-0.1, -0.05) is 24.3 Å². The summed E-state index contributed by atoms with van der Waals surface area (Å²) in [6.07, 6.45) is -10.2. The predicted molar refractivity (Wildman–Crippen MR) is 190 cm³/mol. The zero-order valence-electron chi connectivity index (χ0n) is 30.3. The second-order valence-corrected chi connectivity index (χ2v) is 14.4. The third-order valence-corrected chi connectivity index (χ3v) is 10.8. The van der Waals surface area contributed by atoms with Crippen LogP contribution in [0.15, 0.2) is 73.0 Å². The van der Waals surface area contributed by atoms with Gasteiger partial charge in [0.25, 0.3) is 0 Å². The molecule has 16 unspecified atom stereocenters. The largest absolute Gasteiger partial charge is 0.508 e. The first kappa shape index (κ1) is 40.7. The number of benzene rings is 2. The topological polar surface area (TPSA) is 273 Å². The molecule has 308 valence electrons. The van der Waals surface area contributed by atoms with E-state index in [4.69, 9.17) is 37.9 Å². The fraction of sp³-hybridized carbons (Fsp3) is 0.487. The summed E-state index contributed by atoms with van der Waals surface area (Å²) in [7, 11) is 0. The van der Waals surface area contributed by atoms with Crippen molar-refractivity contribution < 1.29 is 88.3 Å². The Balaban J connectivity index is 1.13. The second-order valence-electron chi connectivity index (χ2n) is 14.4. The molecule has 7 rings (SSSR count). The number of aliphatic hydroxyl groups is 6. The molecule has 0 amide bonds. The average molecular weight is 801 g/mol. The number of hydrogen-bond donors (Lipinski definition) is 8. The average Bonchev–Trinajstić information content (AvgIpc) is 3.88. The van der Waals surface area contributed by atoms with Crippen molar-refractivity contribution in [3.8, 4) is 11.5 Å². The van der Waals surface area contributed by atoms with Crippen LogP contribution in [0.5, 0.6) is 11.5 Å².